The van der Waals surface area contributed by atoms with Crippen LogP contribution in [-0.4, -0.2) is 67.4 Å². The zero-order valence-corrected chi connectivity index (χ0v) is 21.4. The van der Waals surface area contributed by atoms with Gasteiger partial charge in [-0.3, -0.25) is 9.69 Å². The second-order valence-electron chi connectivity index (χ2n) is 8.69. The first-order chi connectivity index (χ1) is 17.3. The predicted molar refractivity (Wildman–Crippen MR) is 140 cm³/mol. The van der Waals surface area contributed by atoms with Gasteiger partial charge < -0.3 is 19.5 Å². The molecule has 0 bridgehead atoms. The zero-order valence-electron chi connectivity index (χ0n) is 21.4. The lowest BCUT2D eigenvalue weighted by atomic mass is 10.0. The van der Waals surface area contributed by atoms with Crippen LogP contribution in [0.2, 0.25) is 0 Å². The van der Waals surface area contributed by atoms with Crippen molar-refractivity contribution in [3.05, 3.63) is 65.9 Å². The molecule has 0 fully saturated rings. The highest BCUT2D eigenvalue weighted by molar-refractivity contribution is 5.95. The summed E-state index contributed by atoms with van der Waals surface area (Å²) < 4.78 is 11.4. The van der Waals surface area contributed by atoms with E-state index in [1.165, 1.54) is 9.91 Å². The second kappa shape index (κ2) is 12.9. The van der Waals surface area contributed by atoms with Gasteiger partial charge in [0.2, 0.25) is 0 Å². The Labute approximate surface area is 212 Å². The maximum atomic E-state index is 13.2. The van der Waals surface area contributed by atoms with Crippen molar-refractivity contribution >= 4 is 17.7 Å². The molecule has 2 N–H and O–H groups in total. The van der Waals surface area contributed by atoms with Crippen molar-refractivity contribution in [1.82, 2.24) is 15.3 Å². The van der Waals surface area contributed by atoms with E-state index in [-0.39, 0.29) is 11.9 Å². The van der Waals surface area contributed by atoms with Crippen molar-refractivity contribution in [2.45, 2.75) is 32.7 Å². The van der Waals surface area contributed by atoms with E-state index >= 15 is 0 Å². The predicted octanol–water partition coefficient (Wildman–Crippen LogP) is 4.53. The third-order valence-corrected chi connectivity index (χ3v) is 5.75. The van der Waals surface area contributed by atoms with Gasteiger partial charge in [0, 0.05) is 24.0 Å². The van der Waals surface area contributed by atoms with Gasteiger partial charge in [0.25, 0.3) is 5.91 Å². The molecule has 0 saturated carbocycles. The van der Waals surface area contributed by atoms with Gasteiger partial charge in [0.1, 0.15) is 0 Å². The van der Waals surface area contributed by atoms with Gasteiger partial charge in [0.15, 0.2) is 11.5 Å². The largest absolute Gasteiger partial charge is 0.490 e. The van der Waals surface area contributed by atoms with Crippen molar-refractivity contribution in [3.63, 3.8) is 0 Å². The van der Waals surface area contributed by atoms with Crippen LogP contribution in [0.5, 0.6) is 11.5 Å². The minimum absolute atomic E-state index is 0.118. The van der Waals surface area contributed by atoms with Gasteiger partial charge >= 0.3 is 6.09 Å². The van der Waals surface area contributed by atoms with Crippen LogP contribution in [0.3, 0.4) is 0 Å². The number of carboxylic acid groups (broad SMARTS) is 1. The summed E-state index contributed by atoms with van der Waals surface area (Å²) in [6.07, 6.45) is 4.07. The molecule has 1 unspecified atom stereocenters. The van der Waals surface area contributed by atoms with E-state index in [0.29, 0.717) is 55.4 Å². The fourth-order valence-corrected chi connectivity index (χ4v) is 3.99. The molecule has 0 radical (unpaired) electrons. The molecule has 0 spiro atoms. The number of rotatable bonds is 11. The quantitative estimate of drug-likeness (QED) is 0.472. The molecular formula is C27H36N4O5. The molecular weight excluding hydrogens is 460 g/mol. The molecule has 9 heteroatoms. The summed E-state index contributed by atoms with van der Waals surface area (Å²) in [6.45, 7) is 6.09. The Balaban J connectivity index is 1.70. The fourth-order valence-electron chi connectivity index (χ4n) is 3.99. The molecule has 1 heterocycles. The minimum atomic E-state index is -1.02. The molecule has 0 saturated heterocycles. The molecule has 36 heavy (non-hydrogen) atoms. The summed E-state index contributed by atoms with van der Waals surface area (Å²) in [6, 6.07) is 12.3. The highest BCUT2D eigenvalue weighted by atomic mass is 16.5. The number of carbonyl (C=O) groups is 2. The average molecular weight is 497 g/mol. The maximum absolute atomic E-state index is 13.2. The summed E-state index contributed by atoms with van der Waals surface area (Å²) in [5.74, 6) is 1.14. The highest BCUT2D eigenvalue weighted by Crippen LogP contribution is 2.33. The van der Waals surface area contributed by atoms with Crippen LogP contribution in [0.4, 0.5) is 10.5 Å². The van der Waals surface area contributed by atoms with Gasteiger partial charge in [-0.2, -0.15) is 0 Å². The van der Waals surface area contributed by atoms with Gasteiger partial charge in [0.05, 0.1) is 19.3 Å². The first-order valence-electron chi connectivity index (χ1n) is 12.2. The third-order valence-electron chi connectivity index (χ3n) is 5.75. The lowest BCUT2D eigenvalue weighted by Crippen LogP contribution is -2.43. The molecule has 0 aromatic heterocycles. The van der Waals surface area contributed by atoms with Gasteiger partial charge in [-0.25, -0.2) is 15.2 Å². The summed E-state index contributed by atoms with van der Waals surface area (Å²) in [5, 5.41) is 11.1. The molecule has 1 aliphatic heterocycles. The Hall–Kier alpha value is -3.56. The van der Waals surface area contributed by atoms with Crippen molar-refractivity contribution in [3.8, 4) is 11.5 Å². The lowest BCUT2D eigenvalue weighted by Gasteiger charge is -2.30. The number of hydrazine groups is 1. The van der Waals surface area contributed by atoms with Crippen LogP contribution in [-0.2, 0) is 0 Å². The molecule has 2 aromatic carbocycles. The highest BCUT2D eigenvalue weighted by Gasteiger charge is 2.23. The summed E-state index contributed by atoms with van der Waals surface area (Å²) in [7, 11) is 3.90. The smallest absolute Gasteiger partial charge is 0.411 e. The van der Waals surface area contributed by atoms with Crippen LogP contribution >= 0.6 is 0 Å². The first-order valence-corrected chi connectivity index (χ1v) is 12.2. The number of carbonyl (C=O) groups excluding carboxylic acids is 1. The van der Waals surface area contributed by atoms with E-state index in [2.05, 4.69) is 5.43 Å². The Kier molecular flexibility index (Phi) is 9.72. The van der Waals surface area contributed by atoms with Gasteiger partial charge in [-0.15, -0.1) is 0 Å². The lowest BCUT2D eigenvalue weighted by molar-refractivity contribution is 0.0713. The normalized spacial score (nSPS) is 15.1. The topological polar surface area (TPSA) is 94.6 Å². The van der Waals surface area contributed by atoms with E-state index in [4.69, 9.17) is 9.47 Å². The Bertz CT molecular complexity index is 1050. The number of benzene rings is 2. The molecule has 1 aliphatic rings. The minimum Gasteiger partial charge on any atom is -0.490 e. The Morgan fingerprint density at radius 1 is 1.03 bits per heavy atom. The van der Waals surface area contributed by atoms with Crippen molar-refractivity contribution in [2.24, 2.45) is 0 Å². The molecule has 2 aromatic rings. The monoisotopic (exact) mass is 496 g/mol. The zero-order chi connectivity index (χ0) is 26.1. The Morgan fingerprint density at radius 3 is 2.36 bits per heavy atom. The molecule has 0 aliphatic carbocycles. The number of anilines is 1. The van der Waals surface area contributed by atoms with Crippen LogP contribution in [0.15, 0.2) is 54.7 Å². The second-order valence-corrected chi connectivity index (χ2v) is 8.69. The number of nitrogens with one attached hydrogen (secondary N) is 1. The molecule has 9 nitrogen and oxygen atoms in total. The van der Waals surface area contributed by atoms with Crippen LogP contribution in [0, 0.1) is 0 Å². The maximum Gasteiger partial charge on any atom is 0.411 e. The van der Waals surface area contributed by atoms with Crippen LogP contribution in [0.25, 0.3) is 0 Å². The molecule has 3 rings (SSSR count). The number of ether oxygens (including phenoxy) is 2. The van der Waals surface area contributed by atoms with Gasteiger partial charge in [-0.1, -0.05) is 12.1 Å². The molecule has 2 amide bonds. The van der Waals surface area contributed by atoms with E-state index in [9.17, 15) is 14.7 Å². The number of amides is 2. The van der Waals surface area contributed by atoms with Crippen molar-refractivity contribution in [2.75, 3.05) is 45.3 Å². The Morgan fingerprint density at radius 2 is 1.72 bits per heavy atom. The van der Waals surface area contributed by atoms with Crippen LogP contribution in [0.1, 0.15) is 48.7 Å². The van der Waals surface area contributed by atoms with E-state index < -0.39 is 6.09 Å². The van der Waals surface area contributed by atoms with E-state index in [0.717, 1.165) is 12.1 Å². The third kappa shape index (κ3) is 6.99. The van der Waals surface area contributed by atoms with Crippen LogP contribution < -0.4 is 19.8 Å². The first kappa shape index (κ1) is 27.0. The van der Waals surface area contributed by atoms with Crippen molar-refractivity contribution in [1.29, 1.82) is 0 Å². The molecule has 194 valence electrons. The summed E-state index contributed by atoms with van der Waals surface area (Å²) >= 11 is 0. The SMILES string of the molecule is CCOc1ccc(C2CC=CN(C(=O)c3ccc(N(CCCN(C)C)C(=O)O)cc3)N2)cc1OCC. The number of hydrogen-bond acceptors (Lipinski definition) is 6. The fraction of sp³-hybridized carbons (Fsp3) is 0.407. The summed E-state index contributed by atoms with van der Waals surface area (Å²) in [4.78, 5) is 28.2. The van der Waals surface area contributed by atoms with Gasteiger partial charge in [-0.05, 0) is 89.3 Å². The van der Waals surface area contributed by atoms with Crippen molar-refractivity contribution < 1.29 is 24.2 Å². The number of hydrogen-bond donors (Lipinski definition) is 2. The average Bonchev–Trinajstić information content (AvgIpc) is 2.87. The standard InChI is InChI=1S/C27H36N4O5/c1-5-35-24-15-12-21(19-25(24)36-6-2)23-9-7-18-31(28-23)26(32)20-10-13-22(14-11-20)30(27(33)34)17-8-16-29(3)4/h7,10-15,18-19,23,28H,5-6,8-9,16-17H2,1-4H3,(H,33,34). The van der Waals surface area contributed by atoms with E-state index in [1.54, 1.807) is 30.5 Å². The number of nitrogens with zero attached hydrogens (tertiary/aromatic N) is 3. The van der Waals surface area contributed by atoms with E-state index in [1.807, 2.05) is 57.1 Å². The molecule has 1 atom stereocenters. The summed E-state index contributed by atoms with van der Waals surface area (Å²) in [5.41, 5.74) is 5.25.